The van der Waals surface area contributed by atoms with Crippen LogP contribution in [-0.2, 0) is 9.53 Å². The van der Waals surface area contributed by atoms with Crippen LogP contribution >= 0.6 is 0 Å². The fourth-order valence-corrected chi connectivity index (χ4v) is 4.64. The molecule has 1 N–H and O–H groups in total. The minimum atomic E-state index is -0.552. The lowest BCUT2D eigenvalue weighted by Crippen LogP contribution is -2.36. The number of carbonyl (C=O) groups excluding carboxylic acids is 1. The van der Waals surface area contributed by atoms with Crippen molar-refractivity contribution >= 4 is 5.78 Å². The maximum Gasteiger partial charge on any atom is 0.143 e. The standard InChI is InChI=1S/C20H28O3/c1-12-6-13(2)19(14(3)7-12)20-17(21)9-16(10-18(20)22)8-15-4-5-23-11-15/h6-7,15-17,20-21H,4-5,8-11H2,1-3H3. The number of carbonyl (C=O) groups is 1. The van der Waals surface area contributed by atoms with Crippen molar-refractivity contribution in [3.8, 4) is 0 Å². The molecule has 1 aromatic rings. The predicted molar refractivity (Wildman–Crippen MR) is 90.7 cm³/mol. The zero-order valence-corrected chi connectivity index (χ0v) is 14.5. The van der Waals surface area contributed by atoms with E-state index in [-0.39, 0.29) is 11.7 Å². The summed E-state index contributed by atoms with van der Waals surface area (Å²) in [6.45, 7) is 7.84. The average Bonchev–Trinajstić information content (AvgIpc) is 2.93. The van der Waals surface area contributed by atoms with Crippen molar-refractivity contribution < 1.29 is 14.6 Å². The van der Waals surface area contributed by atoms with Crippen LogP contribution in [0.2, 0.25) is 0 Å². The number of benzene rings is 1. The summed E-state index contributed by atoms with van der Waals surface area (Å²) in [5.41, 5.74) is 4.52. The molecule has 3 heteroatoms. The number of hydrogen-bond donors (Lipinski definition) is 1. The Labute approximate surface area is 139 Å². The molecule has 0 radical (unpaired) electrons. The highest BCUT2D eigenvalue weighted by Gasteiger charge is 2.39. The van der Waals surface area contributed by atoms with E-state index in [0.29, 0.717) is 18.3 Å². The third-order valence-electron chi connectivity index (χ3n) is 5.54. The fraction of sp³-hybridized carbons (Fsp3) is 0.650. The minimum absolute atomic E-state index is 0.211. The Balaban J connectivity index is 1.76. The van der Waals surface area contributed by atoms with Crippen LogP contribution in [0.5, 0.6) is 0 Å². The SMILES string of the molecule is Cc1cc(C)c(C2C(=O)CC(CC3CCOC3)CC2O)c(C)c1. The molecular formula is C20H28O3. The second-order valence-electron chi connectivity index (χ2n) is 7.59. The van der Waals surface area contributed by atoms with E-state index in [9.17, 15) is 9.90 Å². The minimum Gasteiger partial charge on any atom is -0.392 e. The zero-order valence-electron chi connectivity index (χ0n) is 14.5. The number of ketones is 1. The molecule has 2 aliphatic rings. The summed E-state index contributed by atoms with van der Waals surface area (Å²) in [6.07, 6.45) is 2.90. The molecule has 2 fully saturated rings. The van der Waals surface area contributed by atoms with Gasteiger partial charge >= 0.3 is 0 Å². The molecule has 0 spiro atoms. The molecule has 1 aliphatic heterocycles. The maximum atomic E-state index is 12.8. The van der Waals surface area contributed by atoms with Crippen LogP contribution in [0.1, 0.15) is 53.9 Å². The second-order valence-corrected chi connectivity index (χ2v) is 7.59. The van der Waals surface area contributed by atoms with Crippen LogP contribution in [0.25, 0.3) is 0 Å². The largest absolute Gasteiger partial charge is 0.392 e. The lowest BCUT2D eigenvalue weighted by molar-refractivity contribution is -0.127. The van der Waals surface area contributed by atoms with E-state index in [1.165, 1.54) is 5.56 Å². The third-order valence-corrected chi connectivity index (χ3v) is 5.54. The highest BCUT2D eigenvalue weighted by atomic mass is 16.5. The van der Waals surface area contributed by atoms with Crippen molar-refractivity contribution in [3.63, 3.8) is 0 Å². The molecule has 1 heterocycles. The van der Waals surface area contributed by atoms with Gasteiger partial charge in [-0.3, -0.25) is 4.79 Å². The van der Waals surface area contributed by atoms with Crippen LogP contribution in [0, 0.1) is 32.6 Å². The summed E-state index contributed by atoms with van der Waals surface area (Å²) in [5, 5.41) is 10.7. The van der Waals surface area contributed by atoms with E-state index in [4.69, 9.17) is 4.74 Å². The Morgan fingerprint density at radius 2 is 1.87 bits per heavy atom. The topological polar surface area (TPSA) is 46.5 Å². The molecule has 0 amide bonds. The zero-order chi connectivity index (χ0) is 16.6. The van der Waals surface area contributed by atoms with Crippen molar-refractivity contribution in [3.05, 3.63) is 34.4 Å². The number of aryl methyl sites for hydroxylation is 3. The van der Waals surface area contributed by atoms with E-state index in [0.717, 1.165) is 49.2 Å². The van der Waals surface area contributed by atoms with E-state index in [1.807, 2.05) is 0 Å². The van der Waals surface area contributed by atoms with Gasteiger partial charge in [0.1, 0.15) is 5.78 Å². The Kier molecular flexibility index (Phi) is 4.88. The predicted octanol–water partition coefficient (Wildman–Crippen LogP) is 3.46. The summed E-state index contributed by atoms with van der Waals surface area (Å²) in [5.74, 6) is 0.750. The first kappa shape index (κ1) is 16.7. The highest BCUT2D eigenvalue weighted by molar-refractivity contribution is 5.88. The van der Waals surface area contributed by atoms with Crippen LogP contribution < -0.4 is 0 Å². The van der Waals surface area contributed by atoms with Crippen LogP contribution in [0.4, 0.5) is 0 Å². The van der Waals surface area contributed by atoms with Gasteiger partial charge in [0.05, 0.1) is 12.0 Å². The normalized spacial score (nSPS) is 31.6. The quantitative estimate of drug-likeness (QED) is 0.929. The smallest absolute Gasteiger partial charge is 0.143 e. The van der Waals surface area contributed by atoms with Crippen LogP contribution in [0.15, 0.2) is 12.1 Å². The second kappa shape index (κ2) is 6.74. The Bertz CT molecular complexity index is 564. The highest BCUT2D eigenvalue weighted by Crippen LogP contribution is 2.39. The van der Waals surface area contributed by atoms with Gasteiger partial charge in [-0.2, -0.15) is 0 Å². The first-order chi connectivity index (χ1) is 11.0. The van der Waals surface area contributed by atoms with Crippen molar-refractivity contribution in [1.29, 1.82) is 0 Å². The van der Waals surface area contributed by atoms with Gasteiger partial charge in [-0.1, -0.05) is 17.7 Å². The molecule has 3 rings (SSSR count). The summed E-state index contributed by atoms with van der Waals surface area (Å²) in [6, 6.07) is 4.23. The molecule has 1 aromatic carbocycles. The van der Waals surface area contributed by atoms with Crippen LogP contribution in [-0.4, -0.2) is 30.2 Å². The fourth-order valence-electron chi connectivity index (χ4n) is 4.64. The number of aliphatic hydroxyl groups excluding tert-OH is 1. The number of aliphatic hydroxyl groups is 1. The van der Waals surface area contributed by atoms with Gasteiger partial charge in [0.15, 0.2) is 0 Å². The molecule has 4 atom stereocenters. The molecule has 0 bridgehead atoms. The van der Waals surface area contributed by atoms with Crippen LogP contribution in [0.3, 0.4) is 0 Å². The molecule has 4 unspecified atom stereocenters. The maximum absolute atomic E-state index is 12.8. The first-order valence-electron chi connectivity index (χ1n) is 8.82. The summed E-state index contributed by atoms with van der Waals surface area (Å²) in [7, 11) is 0. The molecule has 0 aromatic heterocycles. The monoisotopic (exact) mass is 316 g/mol. The van der Waals surface area contributed by atoms with Gasteiger partial charge in [-0.05, 0) is 68.6 Å². The number of ether oxygens (including phenoxy) is 1. The lowest BCUT2D eigenvalue weighted by atomic mass is 9.71. The van der Waals surface area contributed by atoms with E-state index < -0.39 is 6.10 Å². The van der Waals surface area contributed by atoms with E-state index in [2.05, 4.69) is 32.9 Å². The number of hydrogen-bond acceptors (Lipinski definition) is 3. The van der Waals surface area contributed by atoms with Gasteiger partial charge in [-0.25, -0.2) is 0 Å². The van der Waals surface area contributed by atoms with Crippen molar-refractivity contribution in [1.82, 2.24) is 0 Å². The molecular weight excluding hydrogens is 288 g/mol. The Morgan fingerprint density at radius 3 is 2.43 bits per heavy atom. The molecule has 126 valence electrons. The number of rotatable bonds is 3. The number of Topliss-reactive ketones (excluding diaryl/α,β-unsaturated/α-hetero) is 1. The van der Waals surface area contributed by atoms with Gasteiger partial charge in [0.2, 0.25) is 0 Å². The third kappa shape index (κ3) is 3.51. The molecule has 1 saturated carbocycles. The van der Waals surface area contributed by atoms with E-state index in [1.54, 1.807) is 0 Å². The molecule has 3 nitrogen and oxygen atoms in total. The Morgan fingerprint density at radius 1 is 1.17 bits per heavy atom. The Hall–Kier alpha value is -1.19. The lowest BCUT2D eigenvalue weighted by Gasteiger charge is -2.34. The molecule has 23 heavy (non-hydrogen) atoms. The summed E-state index contributed by atoms with van der Waals surface area (Å²) in [4.78, 5) is 12.8. The molecule has 1 aliphatic carbocycles. The van der Waals surface area contributed by atoms with Gasteiger partial charge in [0, 0.05) is 19.6 Å². The van der Waals surface area contributed by atoms with Crippen molar-refractivity contribution in [2.45, 2.75) is 58.5 Å². The van der Waals surface area contributed by atoms with Gasteiger partial charge in [-0.15, -0.1) is 0 Å². The van der Waals surface area contributed by atoms with Crippen molar-refractivity contribution in [2.24, 2.45) is 11.8 Å². The van der Waals surface area contributed by atoms with Gasteiger partial charge in [0.25, 0.3) is 0 Å². The summed E-state index contributed by atoms with van der Waals surface area (Å²) < 4.78 is 5.44. The van der Waals surface area contributed by atoms with Gasteiger partial charge < -0.3 is 9.84 Å². The van der Waals surface area contributed by atoms with Crippen molar-refractivity contribution in [2.75, 3.05) is 13.2 Å². The average molecular weight is 316 g/mol. The van der Waals surface area contributed by atoms with E-state index >= 15 is 0 Å². The molecule has 1 saturated heterocycles. The first-order valence-corrected chi connectivity index (χ1v) is 8.82. The summed E-state index contributed by atoms with van der Waals surface area (Å²) >= 11 is 0.